The van der Waals surface area contributed by atoms with Crippen LogP contribution in [0.25, 0.3) is 0 Å². The first kappa shape index (κ1) is 17.2. The highest BCUT2D eigenvalue weighted by atomic mass is 16.7. The third-order valence-corrected chi connectivity index (χ3v) is 4.77. The Morgan fingerprint density at radius 2 is 1.93 bits per heavy atom. The molecule has 0 unspecified atom stereocenters. The molecular weight excluding hydrogens is 346 g/mol. The minimum atomic E-state index is -0.197. The van der Waals surface area contributed by atoms with Gasteiger partial charge in [-0.25, -0.2) is 4.79 Å². The van der Waals surface area contributed by atoms with E-state index in [2.05, 4.69) is 5.32 Å². The van der Waals surface area contributed by atoms with Crippen molar-refractivity contribution in [1.29, 1.82) is 0 Å². The summed E-state index contributed by atoms with van der Waals surface area (Å²) in [4.78, 5) is 28.3. The van der Waals surface area contributed by atoms with E-state index in [0.717, 1.165) is 23.4 Å². The molecular formula is C20H21N3O4. The van der Waals surface area contributed by atoms with Crippen molar-refractivity contribution in [3.8, 4) is 11.5 Å². The summed E-state index contributed by atoms with van der Waals surface area (Å²) in [5, 5.41) is 2.91. The maximum atomic E-state index is 12.7. The number of hydrogen-bond donors (Lipinski definition) is 1. The molecule has 0 radical (unpaired) electrons. The molecule has 7 nitrogen and oxygen atoms in total. The highest BCUT2D eigenvalue weighted by Crippen LogP contribution is 2.36. The van der Waals surface area contributed by atoms with Crippen molar-refractivity contribution in [2.45, 2.75) is 13.3 Å². The van der Waals surface area contributed by atoms with Crippen LogP contribution in [0.15, 0.2) is 42.5 Å². The minimum Gasteiger partial charge on any atom is -0.454 e. The van der Waals surface area contributed by atoms with Gasteiger partial charge in [-0.2, -0.15) is 0 Å². The predicted molar refractivity (Wildman–Crippen MR) is 101 cm³/mol. The number of carbonyl (C=O) groups excluding carboxylic acids is 2. The molecule has 3 amide bonds. The Morgan fingerprint density at radius 3 is 2.78 bits per heavy atom. The molecule has 4 rings (SSSR count). The smallest absolute Gasteiger partial charge is 0.325 e. The summed E-state index contributed by atoms with van der Waals surface area (Å²) in [6, 6.07) is 12.9. The van der Waals surface area contributed by atoms with Crippen molar-refractivity contribution in [3.63, 3.8) is 0 Å². The van der Waals surface area contributed by atoms with Crippen molar-refractivity contribution < 1.29 is 19.1 Å². The van der Waals surface area contributed by atoms with Gasteiger partial charge in [0, 0.05) is 30.5 Å². The van der Waals surface area contributed by atoms with Gasteiger partial charge in [0.1, 0.15) is 6.54 Å². The molecule has 2 heterocycles. The number of fused-ring (bicyclic) bond motifs is 1. The number of rotatable bonds is 5. The molecule has 27 heavy (non-hydrogen) atoms. The Morgan fingerprint density at radius 1 is 1.11 bits per heavy atom. The van der Waals surface area contributed by atoms with Gasteiger partial charge < -0.3 is 19.7 Å². The highest BCUT2D eigenvalue weighted by Gasteiger charge is 2.31. The molecule has 0 aliphatic carbocycles. The van der Waals surface area contributed by atoms with Crippen LogP contribution in [0.1, 0.15) is 12.5 Å². The number of anilines is 2. The van der Waals surface area contributed by atoms with Gasteiger partial charge in [-0.05, 0) is 30.2 Å². The van der Waals surface area contributed by atoms with Gasteiger partial charge in [-0.15, -0.1) is 0 Å². The van der Waals surface area contributed by atoms with Crippen LogP contribution in [0.2, 0.25) is 0 Å². The van der Waals surface area contributed by atoms with Gasteiger partial charge >= 0.3 is 6.03 Å². The maximum absolute atomic E-state index is 12.7. The summed E-state index contributed by atoms with van der Waals surface area (Å²) in [7, 11) is 0. The zero-order chi connectivity index (χ0) is 18.8. The molecule has 0 spiro atoms. The quantitative estimate of drug-likeness (QED) is 0.882. The van der Waals surface area contributed by atoms with Crippen LogP contribution >= 0.6 is 0 Å². The lowest BCUT2D eigenvalue weighted by molar-refractivity contribution is -0.116. The molecule has 2 aliphatic rings. The van der Waals surface area contributed by atoms with E-state index in [9.17, 15) is 9.59 Å². The second-order valence-electron chi connectivity index (χ2n) is 6.45. The molecule has 0 saturated carbocycles. The van der Waals surface area contributed by atoms with Gasteiger partial charge in [0.15, 0.2) is 11.5 Å². The van der Waals surface area contributed by atoms with Gasteiger partial charge in [0.05, 0.1) is 0 Å². The van der Waals surface area contributed by atoms with Crippen molar-refractivity contribution in [3.05, 3.63) is 48.0 Å². The molecule has 2 aromatic rings. The summed E-state index contributed by atoms with van der Waals surface area (Å²) in [5.74, 6) is 1.11. The number of ether oxygens (including phenoxy) is 2. The lowest BCUT2D eigenvalue weighted by Crippen LogP contribution is -2.37. The van der Waals surface area contributed by atoms with Crippen LogP contribution in [0, 0.1) is 0 Å². The number of urea groups is 1. The third kappa shape index (κ3) is 3.40. The minimum absolute atomic E-state index is 0.0257. The van der Waals surface area contributed by atoms with Crippen LogP contribution < -0.4 is 19.7 Å². The monoisotopic (exact) mass is 367 g/mol. The van der Waals surface area contributed by atoms with E-state index in [1.54, 1.807) is 21.9 Å². The topological polar surface area (TPSA) is 71.1 Å². The van der Waals surface area contributed by atoms with E-state index in [4.69, 9.17) is 9.47 Å². The fourth-order valence-corrected chi connectivity index (χ4v) is 3.34. The summed E-state index contributed by atoms with van der Waals surface area (Å²) < 4.78 is 10.7. The van der Waals surface area contributed by atoms with E-state index < -0.39 is 0 Å². The van der Waals surface area contributed by atoms with E-state index in [1.807, 2.05) is 37.3 Å². The normalized spacial score (nSPS) is 15.4. The first-order valence-corrected chi connectivity index (χ1v) is 8.99. The molecule has 0 bridgehead atoms. The number of benzene rings is 2. The zero-order valence-electron chi connectivity index (χ0n) is 15.1. The number of carbonyl (C=O) groups is 2. The number of aryl methyl sites for hydroxylation is 1. The third-order valence-electron chi connectivity index (χ3n) is 4.77. The molecule has 0 aromatic heterocycles. The molecule has 1 fully saturated rings. The lowest BCUT2D eigenvalue weighted by atomic mass is 10.1. The molecule has 2 aromatic carbocycles. The Bertz CT molecular complexity index is 883. The SMILES string of the molecule is CCc1ccccc1NC(=O)CN1CCN(c2ccc3c(c2)OCO3)C1=O. The Balaban J connectivity index is 1.41. The fraction of sp³-hybridized carbons (Fsp3) is 0.300. The molecule has 7 heteroatoms. The number of amides is 3. The Hall–Kier alpha value is -3.22. The van der Waals surface area contributed by atoms with Crippen LogP contribution in [0.4, 0.5) is 16.2 Å². The van der Waals surface area contributed by atoms with Gasteiger partial charge in [-0.3, -0.25) is 9.69 Å². The van der Waals surface area contributed by atoms with Crippen molar-refractivity contribution in [2.24, 2.45) is 0 Å². The summed E-state index contributed by atoms with van der Waals surface area (Å²) in [5.41, 5.74) is 2.60. The second-order valence-corrected chi connectivity index (χ2v) is 6.45. The maximum Gasteiger partial charge on any atom is 0.325 e. The summed E-state index contributed by atoms with van der Waals surface area (Å²) >= 11 is 0. The number of nitrogens with one attached hydrogen (secondary N) is 1. The van der Waals surface area contributed by atoms with Crippen molar-refractivity contribution in [1.82, 2.24) is 4.90 Å². The van der Waals surface area contributed by atoms with E-state index in [-0.39, 0.29) is 25.3 Å². The molecule has 2 aliphatic heterocycles. The van der Waals surface area contributed by atoms with Gasteiger partial charge in [0.25, 0.3) is 0 Å². The van der Waals surface area contributed by atoms with Crippen LogP contribution in [-0.4, -0.2) is 43.3 Å². The zero-order valence-corrected chi connectivity index (χ0v) is 15.1. The average Bonchev–Trinajstić information content (AvgIpc) is 3.28. The Labute approximate surface area is 157 Å². The van der Waals surface area contributed by atoms with Crippen LogP contribution in [-0.2, 0) is 11.2 Å². The standard InChI is InChI=1S/C20H21N3O4/c1-2-14-5-3-4-6-16(14)21-19(24)12-22-9-10-23(20(22)25)15-7-8-17-18(11-15)27-13-26-17/h3-8,11H,2,9-10,12-13H2,1H3,(H,21,24). The van der Waals surface area contributed by atoms with E-state index in [0.29, 0.717) is 24.6 Å². The van der Waals surface area contributed by atoms with Crippen molar-refractivity contribution >= 4 is 23.3 Å². The average molecular weight is 367 g/mol. The Kier molecular flexibility index (Phi) is 4.58. The van der Waals surface area contributed by atoms with Crippen LogP contribution in [0.5, 0.6) is 11.5 Å². The predicted octanol–water partition coefficient (Wildman–Crippen LogP) is 2.86. The number of nitrogens with zero attached hydrogens (tertiary/aromatic N) is 2. The van der Waals surface area contributed by atoms with Gasteiger partial charge in [0.2, 0.25) is 12.7 Å². The van der Waals surface area contributed by atoms with E-state index >= 15 is 0 Å². The first-order valence-electron chi connectivity index (χ1n) is 8.99. The number of hydrogen-bond acceptors (Lipinski definition) is 4. The second kappa shape index (κ2) is 7.19. The molecule has 1 N–H and O–H groups in total. The summed E-state index contributed by atoms with van der Waals surface area (Å²) in [6.07, 6.45) is 0.830. The van der Waals surface area contributed by atoms with Gasteiger partial charge in [-0.1, -0.05) is 25.1 Å². The van der Waals surface area contributed by atoms with E-state index in [1.165, 1.54) is 0 Å². The first-order chi connectivity index (χ1) is 13.2. The largest absolute Gasteiger partial charge is 0.454 e. The van der Waals surface area contributed by atoms with Crippen LogP contribution in [0.3, 0.4) is 0 Å². The molecule has 140 valence electrons. The molecule has 1 saturated heterocycles. The lowest BCUT2D eigenvalue weighted by Gasteiger charge is -2.19. The van der Waals surface area contributed by atoms with Crippen molar-refractivity contribution in [2.75, 3.05) is 36.6 Å². The highest BCUT2D eigenvalue weighted by molar-refractivity contribution is 5.99. The number of para-hydroxylation sites is 1. The fourth-order valence-electron chi connectivity index (χ4n) is 3.34. The summed E-state index contributed by atoms with van der Waals surface area (Å²) in [6.45, 7) is 3.28. The molecule has 0 atom stereocenters.